The monoisotopic (exact) mass is 388 g/mol. The van der Waals surface area contributed by atoms with Gasteiger partial charge in [0.05, 0.1) is 17.5 Å². The zero-order valence-electron chi connectivity index (χ0n) is 15.3. The van der Waals surface area contributed by atoms with Crippen LogP contribution in [0, 0.1) is 0 Å². The number of sulfonamides is 1. The van der Waals surface area contributed by atoms with E-state index in [1.165, 1.54) is 21.0 Å². The molecule has 0 fully saturated rings. The molecule has 0 bridgehead atoms. The molecule has 0 amide bonds. The maximum absolute atomic E-state index is 13.3. The molecular weight excluding hydrogens is 368 g/mol. The minimum absolute atomic E-state index is 0.113. The highest BCUT2D eigenvalue weighted by atomic mass is 32.2. The van der Waals surface area contributed by atoms with Crippen LogP contribution < -0.4 is 10.5 Å². The van der Waals surface area contributed by atoms with E-state index in [1.807, 2.05) is 25.1 Å². The quantitative estimate of drug-likeness (QED) is 0.688. The second-order valence-electron chi connectivity index (χ2n) is 6.66. The van der Waals surface area contributed by atoms with E-state index in [0.717, 1.165) is 11.1 Å². The molecule has 1 unspecified atom stereocenters. The average molecular weight is 388 g/mol. The summed E-state index contributed by atoms with van der Waals surface area (Å²) in [5.41, 5.74) is 2.88. The van der Waals surface area contributed by atoms with Crippen molar-refractivity contribution in [2.45, 2.75) is 24.3 Å². The normalized spacial score (nSPS) is 17.8. The van der Waals surface area contributed by atoms with Gasteiger partial charge in [0.15, 0.2) is 5.58 Å². The largest absolute Gasteiger partial charge is 0.497 e. The van der Waals surface area contributed by atoms with Gasteiger partial charge in [-0.2, -0.15) is 4.31 Å². The number of fused-ring (bicyclic) bond motifs is 2. The molecule has 1 aromatic heterocycles. The highest BCUT2D eigenvalue weighted by Gasteiger charge is 2.34. The van der Waals surface area contributed by atoms with Crippen molar-refractivity contribution in [1.29, 1.82) is 0 Å². The second-order valence-corrected chi connectivity index (χ2v) is 8.55. The van der Waals surface area contributed by atoms with Crippen LogP contribution in [0.4, 0.5) is 0 Å². The third-order valence-electron chi connectivity index (χ3n) is 5.21. The Morgan fingerprint density at radius 2 is 1.96 bits per heavy atom. The summed E-state index contributed by atoms with van der Waals surface area (Å²) in [6, 6.07) is 9.97. The third-order valence-corrected chi connectivity index (χ3v) is 7.17. The van der Waals surface area contributed by atoms with Gasteiger partial charge in [0, 0.05) is 25.7 Å². The maximum Gasteiger partial charge on any atom is 0.419 e. The number of aryl methyl sites for hydroxylation is 1. The lowest BCUT2D eigenvalue weighted by Gasteiger charge is -2.34. The first-order chi connectivity index (χ1) is 12.8. The van der Waals surface area contributed by atoms with Gasteiger partial charge in [0.2, 0.25) is 10.0 Å². The molecule has 0 saturated carbocycles. The summed E-state index contributed by atoms with van der Waals surface area (Å²) in [4.78, 5) is 11.8. The summed E-state index contributed by atoms with van der Waals surface area (Å²) < 4.78 is 39.8. The maximum atomic E-state index is 13.3. The minimum atomic E-state index is -3.75. The van der Waals surface area contributed by atoms with Gasteiger partial charge >= 0.3 is 5.76 Å². The van der Waals surface area contributed by atoms with Gasteiger partial charge in [-0.3, -0.25) is 4.57 Å². The molecule has 0 spiro atoms. The summed E-state index contributed by atoms with van der Waals surface area (Å²) in [5, 5.41) is 0. The Morgan fingerprint density at radius 3 is 2.70 bits per heavy atom. The van der Waals surface area contributed by atoms with Gasteiger partial charge in [-0.25, -0.2) is 13.2 Å². The molecule has 0 radical (unpaired) electrons. The van der Waals surface area contributed by atoms with Gasteiger partial charge in [-0.05, 0) is 48.7 Å². The summed E-state index contributed by atoms with van der Waals surface area (Å²) in [6.45, 7) is 2.26. The van der Waals surface area contributed by atoms with E-state index in [-0.39, 0.29) is 16.5 Å². The number of methoxy groups -OCH3 is 1. The molecule has 2 heterocycles. The van der Waals surface area contributed by atoms with Crippen LogP contribution >= 0.6 is 0 Å². The molecule has 3 aromatic rings. The number of ether oxygens (including phenoxy) is 1. The van der Waals surface area contributed by atoms with Crippen molar-refractivity contribution in [1.82, 2.24) is 8.87 Å². The van der Waals surface area contributed by atoms with Crippen LogP contribution in [0.3, 0.4) is 0 Å². The Morgan fingerprint density at radius 1 is 1.19 bits per heavy atom. The molecule has 8 heteroatoms. The lowest BCUT2D eigenvalue weighted by Crippen LogP contribution is -2.38. The van der Waals surface area contributed by atoms with E-state index in [4.69, 9.17) is 9.15 Å². The molecule has 7 nitrogen and oxygen atoms in total. The molecule has 1 aliphatic rings. The van der Waals surface area contributed by atoms with Gasteiger partial charge < -0.3 is 9.15 Å². The van der Waals surface area contributed by atoms with E-state index in [0.29, 0.717) is 24.2 Å². The predicted octanol–water partition coefficient (Wildman–Crippen LogP) is 2.45. The fraction of sp³-hybridized carbons (Fsp3) is 0.316. The summed E-state index contributed by atoms with van der Waals surface area (Å²) >= 11 is 0. The van der Waals surface area contributed by atoms with Crippen molar-refractivity contribution in [3.05, 3.63) is 58.1 Å². The highest BCUT2D eigenvalue weighted by Crippen LogP contribution is 2.36. The van der Waals surface area contributed by atoms with Crippen molar-refractivity contribution < 1.29 is 17.6 Å². The topological polar surface area (TPSA) is 81.8 Å². The van der Waals surface area contributed by atoms with E-state index in [2.05, 4.69) is 0 Å². The SMILES string of the molecule is COc1ccc2c(c1)C(C)N(S(=O)(=O)c1ccc3c(c1)oc(=O)n3C)CC2. The Labute approximate surface area is 156 Å². The van der Waals surface area contributed by atoms with Crippen LogP contribution in [0.2, 0.25) is 0 Å². The lowest BCUT2D eigenvalue weighted by atomic mass is 9.95. The van der Waals surface area contributed by atoms with Crippen LogP contribution in [0.25, 0.3) is 11.1 Å². The Hall–Kier alpha value is -2.58. The first kappa shape index (κ1) is 17.8. The molecule has 4 rings (SSSR count). The molecular formula is C19H20N2O5S. The fourth-order valence-electron chi connectivity index (χ4n) is 3.63. The van der Waals surface area contributed by atoms with Crippen LogP contribution in [0.5, 0.6) is 5.75 Å². The van der Waals surface area contributed by atoms with E-state index in [1.54, 1.807) is 20.2 Å². The summed E-state index contributed by atoms with van der Waals surface area (Å²) in [6.07, 6.45) is 0.631. The minimum Gasteiger partial charge on any atom is -0.497 e. The Balaban J connectivity index is 1.76. The van der Waals surface area contributed by atoms with Crippen molar-refractivity contribution in [3.63, 3.8) is 0 Å². The van der Waals surface area contributed by atoms with Gasteiger partial charge in [-0.1, -0.05) is 6.07 Å². The predicted molar refractivity (Wildman–Crippen MR) is 100 cm³/mol. The van der Waals surface area contributed by atoms with Crippen LogP contribution in [-0.2, 0) is 23.5 Å². The zero-order valence-corrected chi connectivity index (χ0v) is 16.1. The number of oxazole rings is 1. The van der Waals surface area contributed by atoms with Gasteiger partial charge in [0.25, 0.3) is 0 Å². The molecule has 0 saturated heterocycles. The van der Waals surface area contributed by atoms with Crippen molar-refractivity contribution >= 4 is 21.1 Å². The first-order valence-corrected chi connectivity index (χ1v) is 10.0. The second kappa shape index (κ2) is 6.24. The number of hydrogen-bond donors (Lipinski definition) is 0. The average Bonchev–Trinajstić information content (AvgIpc) is 2.95. The molecule has 1 aliphatic heterocycles. The molecule has 1 atom stereocenters. The lowest BCUT2D eigenvalue weighted by molar-refractivity contribution is 0.324. The van der Waals surface area contributed by atoms with Crippen LogP contribution in [-0.4, -0.2) is 30.9 Å². The molecule has 27 heavy (non-hydrogen) atoms. The van der Waals surface area contributed by atoms with Gasteiger partial charge in [-0.15, -0.1) is 0 Å². The Kier molecular flexibility index (Phi) is 4.12. The molecule has 2 aromatic carbocycles. The first-order valence-electron chi connectivity index (χ1n) is 8.61. The number of nitrogens with zero attached hydrogens (tertiary/aromatic N) is 2. The van der Waals surface area contributed by atoms with E-state index >= 15 is 0 Å². The van der Waals surface area contributed by atoms with Crippen LogP contribution in [0.15, 0.2) is 50.5 Å². The standard InChI is InChI=1S/C19H20N2O5S/c1-12-16-10-14(25-3)5-4-13(16)8-9-21(12)27(23,24)15-6-7-17-18(11-15)26-19(22)20(17)2/h4-7,10-12H,8-9H2,1-3H3. The summed E-state index contributed by atoms with van der Waals surface area (Å²) in [5.74, 6) is 0.180. The van der Waals surface area contributed by atoms with E-state index in [9.17, 15) is 13.2 Å². The van der Waals surface area contributed by atoms with Crippen LogP contribution in [0.1, 0.15) is 24.1 Å². The fourth-order valence-corrected chi connectivity index (χ4v) is 5.26. The summed E-state index contributed by atoms with van der Waals surface area (Å²) in [7, 11) is -0.575. The number of rotatable bonds is 3. The Bertz CT molecular complexity index is 1190. The number of hydrogen-bond acceptors (Lipinski definition) is 5. The smallest absolute Gasteiger partial charge is 0.419 e. The molecule has 142 valence electrons. The zero-order chi connectivity index (χ0) is 19.3. The number of benzene rings is 2. The van der Waals surface area contributed by atoms with Crippen molar-refractivity contribution in [3.8, 4) is 5.75 Å². The molecule has 0 N–H and O–H groups in total. The van der Waals surface area contributed by atoms with E-state index < -0.39 is 15.8 Å². The van der Waals surface area contributed by atoms with Gasteiger partial charge in [0.1, 0.15) is 5.75 Å². The number of aromatic nitrogens is 1. The van der Waals surface area contributed by atoms with Crippen molar-refractivity contribution in [2.75, 3.05) is 13.7 Å². The third kappa shape index (κ3) is 2.76. The molecule has 0 aliphatic carbocycles. The van der Waals surface area contributed by atoms with Crippen molar-refractivity contribution in [2.24, 2.45) is 7.05 Å². The highest BCUT2D eigenvalue weighted by molar-refractivity contribution is 7.89.